The third kappa shape index (κ3) is 6.58. The Morgan fingerprint density at radius 3 is 2.17 bits per heavy atom. The molecule has 0 saturated carbocycles. The summed E-state index contributed by atoms with van der Waals surface area (Å²) in [6.07, 6.45) is 0.619. The fraction of sp³-hybridized carbons (Fsp3) is 0.419. The van der Waals surface area contributed by atoms with Crippen LogP contribution in [0.2, 0.25) is 0 Å². The number of anilines is 1. The van der Waals surface area contributed by atoms with Crippen molar-refractivity contribution in [2.75, 3.05) is 39.6 Å². The molecule has 3 aliphatic carbocycles. The monoisotopic (exact) mass is 734 g/mol. The first-order valence-electron chi connectivity index (χ1n) is 18.5. The summed E-state index contributed by atoms with van der Waals surface area (Å²) in [4.78, 5) is 33.4. The highest BCUT2D eigenvalue weighted by molar-refractivity contribution is 6.16. The third-order valence-electron chi connectivity index (χ3n) is 10.8. The van der Waals surface area contributed by atoms with Crippen molar-refractivity contribution in [2.45, 2.75) is 65.0 Å². The molecule has 7 rings (SSSR count). The summed E-state index contributed by atoms with van der Waals surface area (Å²) in [6.45, 7) is 8.19. The van der Waals surface area contributed by atoms with Gasteiger partial charge >= 0.3 is 0 Å². The van der Waals surface area contributed by atoms with Gasteiger partial charge in [-0.1, -0.05) is 81.4 Å². The lowest BCUT2D eigenvalue weighted by molar-refractivity contribution is -0.0559. The van der Waals surface area contributed by atoms with Gasteiger partial charge < -0.3 is 34.4 Å². The van der Waals surface area contributed by atoms with Crippen molar-refractivity contribution < 1.29 is 33.8 Å². The second-order valence-corrected chi connectivity index (χ2v) is 16.4. The summed E-state index contributed by atoms with van der Waals surface area (Å²) in [5, 5.41) is 32.5. The number of hydrogen-bond donors (Lipinski definition) is 3. The molecule has 0 radical (unpaired) electrons. The van der Waals surface area contributed by atoms with E-state index in [1.807, 2.05) is 105 Å². The van der Waals surface area contributed by atoms with Gasteiger partial charge in [0.05, 0.1) is 11.6 Å². The summed E-state index contributed by atoms with van der Waals surface area (Å²) in [7, 11) is 7.58. The van der Waals surface area contributed by atoms with E-state index in [9.17, 15) is 19.8 Å². The molecule has 0 fully saturated rings. The van der Waals surface area contributed by atoms with E-state index in [-0.39, 0.29) is 47.8 Å². The minimum atomic E-state index is -2.43. The zero-order valence-electron chi connectivity index (χ0n) is 32.1. The van der Waals surface area contributed by atoms with Crippen molar-refractivity contribution in [3.05, 3.63) is 117 Å². The second-order valence-electron chi connectivity index (χ2n) is 16.4. The lowest BCUT2D eigenvalue weighted by atomic mass is 9.58. The molecule has 1 heterocycles. The summed E-state index contributed by atoms with van der Waals surface area (Å²) < 4.78 is 18.3. The molecule has 284 valence electrons. The Morgan fingerprint density at radius 2 is 1.57 bits per heavy atom. The highest BCUT2D eigenvalue weighted by Gasteiger charge is 2.64. The van der Waals surface area contributed by atoms with E-state index in [2.05, 4.69) is 31.2 Å². The average Bonchev–Trinajstić information content (AvgIpc) is 3.54. The first-order chi connectivity index (χ1) is 25.7. The number of benzene rings is 3. The van der Waals surface area contributed by atoms with Crippen molar-refractivity contribution in [3.8, 4) is 11.6 Å². The van der Waals surface area contributed by atoms with Crippen molar-refractivity contribution in [3.63, 3.8) is 0 Å². The van der Waals surface area contributed by atoms with Crippen LogP contribution in [0.4, 0.5) is 5.69 Å². The van der Waals surface area contributed by atoms with Crippen LogP contribution in [0, 0.1) is 17.3 Å². The fourth-order valence-corrected chi connectivity index (χ4v) is 8.47. The number of rotatable bonds is 11. The topological polar surface area (TPSA) is 138 Å². The SMILES string of the molecule is CN(C)c1c(CNCC(C)(C)C)cc(OCc2ccccc2)c2c1C[C@H]1C[C@H]3[C@H](N(C)C)c4onc(OCc5ccccc5)c4C(=O)[C@@]3(O)C(O)=C1C2=O. The van der Waals surface area contributed by atoms with Gasteiger partial charge in [-0.05, 0) is 71.7 Å². The van der Waals surface area contributed by atoms with Gasteiger partial charge in [0, 0.05) is 44.4 Å². The molecule has 3 aromatic carbocycles. The lowest BCUT2D eigenvalue weighted by Gasteiger charge is -2.49. The summed E-state index contributed by atoms with van der Waals surface area (Å²) in [5.74, 6) is -2.66. The van der Waals surface area contributed by atoms with E-state index in [0.29, 0.717) is 24.3 Å². The Balaban J connectivity index is 1.33. The highest BCUT2D eigenvalue weighted by Crippen LogP contribution is 2.57. The van der Waals surface area contributed by atoms with E-state index in [4.69, 9.17) is 14.0 Å². The van der Waals surface area contributed by atoms with Crippen molar-refractivity contribution in [1.82, 2.24) is 15.4 Å². The van der Waals surface area contributed by atoms with E-state index in [0.717, 1.165) is 34.5 Å². The average molecular weight is 735 g/mol. The maximum absolute atomic E-state index is 15.0. The minimum absolute atomic E-state index is 0.0339. The van der Waals surface area contributed by atoms with Gasteiger partial charge in [-0.25, -0.2) is 0 Å². The number of carbonyl (C=O) groups excluding carboxylic acids is 2. The smallest absolute Gasteiger partial charge is 0.265 e. The summed E-state index contributed by atoms with van der Waals surface area (Å²) in [5.41, 5.74) is 2.46. The molecule has 11 heteroatoms. The first kappa shape index (κ1) is 37.3. The molecule has 11 nitrogen and oxygen atoms in total. The zero-order chi connectivity index (χ0) is 38.5. The fourth-order valence-electron chi connectivity index (χ4n) is 8.47. The van der Waals surface area contributed by atoms with Crippen molar-refractivity contribution in [1.29, 1.82) is 0 Å². The molecule has 0 saturated heterocycles. The maximum Gasteiger partial charge on any atom is 0.265 e. The number of aromatic nitrogens is 1. The van der Waals surface area contributed by atoms with Crippen LogP contribution in [0.25, 0.3) is 0 Å². The number of carbonyl (C=O) groups is 2. The second kappa shape index (κ2) is 14.4. The van der Waals surface area contributed by atoms with E-state index < -0.39 is 40.8 Å². The highest BCUT2D eigenvalue weighted by atomic mass is 16.5. The van der Waals surface area contributed by atoms with Gasteiger partial charge in [-0.15, -0.1) is 0 Å². The Kier molecular flexibility index (Phi) is 9.93. The number of aliphatic hydroxyl groups is 2. The number of nitrogens with one attached hydrogen (secondary N) is 1. The van der Waals surface area contributed by atoms with Gasteiger partial charge in [0.25, 0.3) is 5.88 Å². The van der Waals surface area contributed by atoms with Crippen LogP contribution in [0.1, 0.15) is 82.0 Å². The predicted octanol–water partition coefficient (Wildman–Crippen LogP) is 6.45. The van der Waals surface area contributed by atoms with Crippen LogP contribution in [-0.2, 0) is 26.2 Å². The predicted molar refractivity (Wildman–Crippen MR) is 205 cm³/mol. The number of nitrogens with zero attached hydrogens (tertiary/aromatic N) is 3. The molecule has 1 aromatic heterocycles. The van der Waals surface area contributed by atoms with Crippen LogP contribution in [-0.4, -0.2) is 72.2 Å². The molecule has 0 spiro atoms. The lowest BCUT2D eigenvalue weighted by Crippen LogP contribution is -2.59. The number of aliphatic hydroxyl groups excluding tert-OH is 1. The molecule has 4 atom stereocenters. The maximum atomic E-state index is 15.0. The van der Waals surface area contributed by atoms with Gasteiger partial charge in [-0.2, -0.15) is 0 Å². The number of allylic oxidation sites excluding steroid dienone is 1. The van der Waals surface area contributed by atoms with Crippen LogP contribution in [0.5, 0.6) is 11.6 Å². The Hall–Kier alpha value is -4.97. The molecule has 54 heavy (non-hydrogen) atoms. The molecular weight excluding hydrogens is 684 g/mol. The molecule has 0 amide bonds. The first-order valence-corrected chi connectivity index (χ1v) is 18.5. The quantitative estimate of drug-likeness (QED) is 0.157. The van der Waals surface area contributed by atoms with Gasteiger partial charge in [0.1, 0.15) is 30.3 Å². The number of ether oxygens (including phenoxy) is 2. The largest absolute Gasteiger partial charge is 0.508 e. The Labute approximate surface area is 316 Å². The van der Waals surface area contributed by atoms with Crippen molar-refractivity contribution >= 4 is 17.3 Å². The summed E-state index contributed by atoms with van der Waals surface area (Å²) >= 11 is 0. The van der Waals surface area contributed by atoms with Crippen LogP contribution in [0.15, 0.2) is 82.6 Å². The van der Waals surface area contributed by atoms with E-state index >= 15 is 0 Å². The van der Waals surface area contributed by atoms with E-state index in [1.165, 1.54) is 0 Å². The third-order valence-corrected chi connectivity index (χ3v) is 10.8. The Morgan fingerprint density at radius 1 is 0.944 bits per heavy atom. The molecule has 3 aliphatic rings. The van der Waals surface area contributed by atoms with Gasteiger partial charge in [0.15, 0.2) is 17.1 Å². The number of Topliss-reactive ketones (excluding diaryl/α,β-unsaturated/α-hetero) is 2. The number of hydrogen-bond acceptors (Lipinski definition) is 11. The van der Waals surface area contributed by atoms with Crippen LogP contribution >= 0.6 is 0 Å². The zero-order valence-corrected chi connectivity index (χ0v) is 32.1. The molecule has 0 bridgehead atoms. The minimum Gasteiger partial charge on any atom is -0.508 e. The van der Waals surface area contributed by atoms with Crippen LogP contribution < -0.4 is 19.7 Å². The molecule has 0 aliphatic heterocycles. The van der Waals surface area contributed by atoms with Crippen molar-refractivity contribution in [2.24, 2.45) is 17.3 Å². The Bertz CT molecular complexity index is 2080. The molecule has 3 N–H and O–H groups in total. The number of ketones is 2. The van der Waals surface area contributed by atoms with E-state index in [1.54, 1.807) is 0 Å². The van der Waals surface area contributed by atoms with Crippen LogP contribution in [0.3, 0.4) is 0 Å². The molecule has 0 unspecified atom stereocenters. The standard InChI is InChI=1S/C43H50N4O7/c1-42(2,3)24-44-21-28-20-31(52-22-25-14-10-8-11-15-25)33-29(35(28)46(4)5)18-27-19-30-36(47(6)7)38-34(40(50)43(30,51)39(49)32(27)37(33)48)41(45-54-38)53-23-26-16-12-9-13-17-26/h8-17,20,27,30,36,44,49,51H,18-19,21-24H2,1-7H3/t27-,30-,36-,43-/m0/s1. The number of fused-ring (bicyclic) bond motifs is 4. The molecular formula is C43H50N4O7. The van der Waals surface area contributed by atoms with Gasteiger partial charge in [0.2, 0.25) is 5.78 Å². The van der Waals surface area contributed by atoms with Gasteiger partial charge in [-0.3, -0.25) is 14.5 Å². The molecule has 4 aromatic rings. The normalized spacial score (nSPS) is 22.1. The summed E-state index contributed by atoms with van der Waals surface area (Å²) in [6, 6.07) is 20.4.